The van der Waals surface area contributed by atoms with Crippen molar-refractivity contribution in [2.24, 2.45) is 5.92 Å². The number of alkyl halides is 1. The zero-order chi connectivity index (χ0) is 10.0. The topological polar surface area (TPSA) is 3.24 Å². The number of halogens is 1. The molecule has 0 bridgehead atoms. The van der Waals surface area contributed by atoms with Gasteiger partial charge in [0.25, 0.3) is 0 Å². The Morgan fingerprint density at radius 1 is 1.31 bits per heavy atom. The van der Waals surface area contributed by atoms with Crippen LogP contribution in [0.3, 0.4) is 0 Å². The van der Waals surface area contributed by atoms with E-state index in [1.165, 1.54) is 0 Å². The van der Waals surface area contributed by atoms with Gasteiger partial charge < -0.3 is 0 Å². The van der Waals surface area contributed by atoms with Crippen LogP contribution in [0, 0.1) is 5.92 Å². The average Bonchev–Trinajstić information content (AvgIpc) is 2.46. The van der Waals surface area contributed by atoms with Crippen LogP contribution in [-0.2, 0) is 0 Å². The summed E-state index contributed by atoms with van der Waals surface area (Å²) in [5.74, 6) is 0.234. The van der Waals surface area contributed by atoms with E-state index in [0.29, 0.717) is 17.8 Å². The van der Waals surface area contributed by atoms with Gasteiger partial charge in [-0.3, -0.25) is 4.90 Å². The highest BCUT2D eigenvalue weighted by Crippen LogP contribution is 2.29. The second kappa shape index (κ2) is 4.65. The Bertz CT molecular complexity index is 163. The molecule has 0 N–H and O–H groups in total. The number of rotatable bonds is 3. The summed E-state index contributed by atoms with van der Waals surface area (Å²) in [5.41, 5.74) is 0. The van der Waals surface area contributed by atoms with E-state index in [1.807, 2.05) is 0 Å². The fourth-order valence-electron chi connectivity index (χ4n) is 1.86. The zero-order valence-corrected chi connectivity index (χ0v) is 9.77. The number of nitrogens with zero attached hydrogens (tertiary/aromatic N) is 1. The molecule has 1 nitrogen and oxygen atoms in total. The first-order chi connectivity index (χ1) is 6.06. The van der Waals surface area contributed by atoms with Crippen molar-refractivity contribution in [2.75, 3.05) is 19.3 Å². The molecule has 0 spiro atoms. The Morgan fingerprint density at radius 2 is 1.92 bits per heavy atom. The third kappa shape index (κ3) is 2.59. The minimum absolute atomic E-state index is 0.234. The van der Waals surface area contributed by atoms with Crippen LogP contribution >= 0.6 is 11.8 Å². The van der Waals surface area contributed by atoms with Crippen molar-refractivity contribution in [3.63, 3.8) is 0 Å². The molecule has 1 aliphatic rings. The highest BCUT2D eigenvalue weighted by atomic mass is 32.2. The summed E-state index contributed by atoms with van der Waals surface area (Å²) in [6.07, 6.45) is 1.44. The molecule has 0 radical (unpaired) electrons. The lowest BCUT2D eigenvalue weighted by atomic mass is 10.0. The van der Waals surface area contributed by atoms with Gasteiger partial charge in [-0.15, -0.1) is 0 Å². The highest BCUT2D eigenvalue weighted by molar-refractivity contribution is 7.99. The van der Waals surface area contributed by atoms with Crippen LogP contribution in [0.1, 0.15) is 20.8 Å². The average molecular weight is 205 g/mol. The minimum atomic E-state index is -0.621. The van der Waals surface area contributed by atoms with Gasteiger partial charge >= 0.3 is 0 Å². The SMILES string of the molecule is CSC(C)C1CN(C(C)C)C[C@H]1F. The summed E-state index contributed by atoms with van der Waals surface area (Å²) in [7, 11) is 0. The van der Waals surface area contributed by atoms with Crippen molar-refractivity contribution in [1.82, 2.24) is 4.90 Å². The van der Waals surface area contributed by atoms with Crippen LogP contribution in [0.5, 0.6) is 0 Å². The van der Waals surface area contributed by atoms with Gasteiger partial charge in [-0.2, -0.15) is 11.8 Å². The summed E-state index contributed by atoms with van der Waals surface area (Å²) in [5, 5.41) is 0.443. The Hall–Kier alpha value is 0.240. The lowest BCUT2D eigenvalue weighted by Crippen LogP contribution is -2.29. The molecule has 1 fully saturated rings. The van der Waals surface area contributed by atoms with Crippen molar-refractivity contribution in [2.45, 2.75) is 38.2 Å². The number of hydrogen-bond donors (Lipinski definition) is 0. The standard InChI is InChI=1S/C10H20FNS/c1-7(2)12-5-9(8(3)13-4)10(11)6-12/h7-10H,5-6H2,1-4H3/t8?,9?,10-/m1/s1. The van der Waals surface area contributed by atoms with Crippen LogP contribution in [0.2, 0.25) is 0 Å². The fourth-order valence-corrected chi connectivity index (χ4v) is 2.46. The molecule has 78 valence electrons. The summed E-state index contributed by atoms with van der Waals surface area (Å²) < 4.78 is 13.6. The largest absolute Gasteiger partial charge is 0.298 e. The van der Waals surface area contributed by atoms with E-state index in [1.54, 1.807) is 11.8 Å². The molecule has 0 aromatic carbocycles. The Morgan fingerprint density at radius 3 is 2.31 bits per heavy atom. The van der Waals surface area contributed by atoms with Gasteiger partial charge in [0, 0.05) is 30.3 Å². The molecule has 0 aromatic rings. The summed E-state index contributed by atoms with van der Waals surface area (Å²) >= 11 is 1.77. The van der Waals surface area contributed by atoms with E-state index in [4.69, 9.17) is 0 Å². The van der Waals surface area contributed by atoms with Gasteiger partial charge in [-0.05, 0) is 20.1 Å². The summed E-state index contributed by atoms with van der Waals surface area (Å²) in [6, 6.07) is 0.484. The molecule has 0 aromatic heterocycles. The number of thioether (sulfide) groups is 1. The second-order valence-electron chi connectivity index (χ2n) is 4.17. The molecule has 1 saturated heterocycles. The minimum Gasteiger partial charge on any atom is -0.298 e. The van der Waals surface area contributed by atoms with Crippen molar-refractivity contribution in [1.29, 1.82) is 0 Å². The van der Waals surface area contributed by atoms with E-state index in [9.17, 15) is 4.39 Å². The molecule has 0 aliphatic carbocycles. The summed E-state index contributed by atoms with van der Waals surface area (Å²) in [6.45, 7) is 7.97. The quantitative estimate of drug-likeness (QED) is 0.696. The third-order valence-electron chi connectivity index (χ3n) is 3.02. The van der Waals surface area contributed by atoms with Crippen LogP contribution in [0.4, 0.5) is 4.39 Å². The van der Waals surface area contributed by atoms with Crippen molar-refractivity contribution >= 4 is 11.8 Å². The van der Waals surface area contributed by atoms with Gasteiger partial charge in [0.1, 0.15) is 6.17 Å². The molecule has 13 heavy (non-hydrogen) atoms. The number of likely N-dealkylation sites (tertiary alicyclic amines) is 1. The number of hydrogen-bond acceptors (Lipinski definition) is 2. The zero-order valence-electron chi connectivity index (χ0n) is 8.96. The smallest absolute Gasteiger partial charge is 0.118 e. The first-order valence-corrected chi connectivity index (χ1v) is 6.26. The van der Waals surface area contributed by atoms with Gasteiger partial charge in [0.15, 0.2) is 0 Å². The first kappa shape index (κ1) is 11.3. The Kier molecular flexibility index (Phi) is 4.05. The van der Waals surface area contributed by atoms with Crippen molar-refractivity contribution in [3.05, 3.63) is 0 Å². The highest BCUT2D eigenvalue weighted by Gasteiger charge is 2.36. The first-order valence-electron chi connectivity index (χ1n) is 4.97. The predicted molar refractivity (Wildman–Crippen MR) is 58.1 cm³/mol. The van der Waals surface area contributed by atoms with Crippen LogP contribution < -0.4 is 0 Å². The maximum atomic E-state index is 13.6. The maximum Gasteiger partial charge on any atom is 0.118 e. The lowest BCUT2D eigenvalue weighted by Gasteiger charge is -2.21. The Balaban J connectivity index is 2.51. The second-order valence-corrected chi connectivity index (χ2v) is 5.38. The van der Waals surface area contributed by atoms with Gasteiger partial charge in [-0.1, -0.05) is 6.92 Å². The maximum absolute atomic E-state index is 13.6. The van der Waals surface area contributed by atoms with Gasteiger partial charge in [-0.25, -0.2) is 4.39 Å². The van der Waals surface area contributed by atoms with E-state index < -0.39 is 6.17 Å². The van der Waals surface area contributed by atoms with E-state index >= 15 is 0 Å². The molecule has 3 atom stereocenters. The van der Waals surface area contributed by atoms with Crippen molar-refractivity contribution < 1.29 is 4.39 Å². The monoisotopic (exact) mass is 205 g/mol. The molecule has 1 rings (SSSR count). The molecule has 0 saturated carbocycles. The normalized spacial score (nSPS) is 32.8. The van der Waals surface area contributed by atoms with E-state index in [2.05, 4.69) is 31.9 Å². The molecule has 2 unspecified atom stereocenters. The third-order valence-corrected chi connectivity index (χ3v) is 4.12. The molecule has 3 heteroatoms. The Labute approximate surface area is 85.1 Å². The molecule has 1 aliphatic heterocycles. The molecular weight excluding hydrogens is 185 g/mol. The lowest BCUT2D eigenvalue weighted by molar-refractivity contribution is 0.244. The summed E-state index contributed by atoms with van der Waals surface area (Å²) in [4.78, 5) is 2.24. The van der Waals surface area contributed by atoms with Crippen molar-refractivity contribution in [3.8, 4) is 0 Å². The predicted octanol–water partition coefficient (Wildman–Crippen LogP) is 2.42. The fraction of sp³-hybridized carbons (Fsp3) is 1.00. The van der Waals surface area contributed by atoms with Crippen LogP contribution in [0.15, 0.2) is 0 Å². The molecular formula is C10H20FNS. The van der Waals surface area contributed by atoms with E-state index in [0.717, 1.165) is 6.54 Å². The van der Waals surface area contributed by atoms with Gasteiger partial charge in [0.2, 0.25) is 0 Å². The van der Waals surface area contributed by atoms with Crippen LogP contribution in [0.25, 0.3) is 0 Å². The molecule has 0 amide bonds. The van der Waals surface area contributed by atoms with Gasteiger partial charge in [0.05, 0.1) is 0 Å². The molecule has 1 heterocycles. The van der Waals surface area contributed by atoms with E-state index in [-0.39, 0.29) is 5.92 Å². The van der Waals surface area contributed by atoms with Crippen LogP contribution in [-0.4, -0.2) is 41.7 Å².